The van der Waals surface area contributed by atoms with Crippen molar-refractivity contribution in [1.82, 2.24) is 0 Å². The maximum absolute atomic E-state index is 13.5. The van der Waals surface area contributed by atoms with Crippen LogP contribution in [0.1, 0.15) is 18.4 Å². The van der Waals surface area contributed by atoms with Gasteiger partial charge in [0.1, 0.15) is 0 Å². The zero-order valence-corrected chi connectivity index (χ0v) is 9.24. The van der Waals surface area contributed by atoms with E-state index in [4.69, 9.17) is 0 Å². The zero-order valence-electron chi connectivity index (χ0n) is 9.24. The van der Waals surface area contributed by atoms with Gasteiger partial charge in [-0.25, -0.2) is 8.78 Å². The molecule has 0 aliphatic heterocycles. The molecule has 1 aromatic rings. The number of ether oxygens (including phenoxy) is 1. The van der Waals surface area contributed by atoms with Crippen molar-refractivity contribution in [2.75, 3.05) is 7.11 Å². The van der Waals surface area contributed by atoms with Crippen LogP contribution in [0.3, 0.4) is 0 Å². The quantitative estimate of drug-likeness (QED) is 0.803. The number of hydrogen-bond donors (Lipinski definition) is 1. The largest absolute Gasteiger partial charge is 0.469 e. The van der Waals surface area contributed by atoms with Crippen LogP contribution in [-0.2, 0) is 15.1 Å². The Balaban J connectivity index is 2.20. The first-order chi connectivity index (χ1) is 7.98. The molecule has 0 saturated heterocycles. The lowest BCUT2D eigenvalue weighted by molar-refractivity contribution is -0.163. The van der Waals surface area contributed by atoms with Gasteiger partial charge in [-0.1, -0.05) is 12.1 Å². The second-order valence-corrected chi connectivity index (χ2v) is 4.26. The zero-order chi connectivity index (χ0) is 12.6. The lowest BCUT2D eigenvalue weighted by Crippen LogP contribution is -2.45. The van der Waals surface area contributed by atoms with Gasteiger partial charge in [-0.05, 0) is 18.9 Å². The average molecular weight is 242 g/mol. The molecule has 0 radical (unpaired) electrons. The average Bonchev–Trinajstić information content (AvgIpc) is 2.27. The highest BCUT2D eigenvalue weighted by Gasteiger charge is 2.49. The number of benzene rings is 1. The van der Waals surface area contributed by atoms with E-state index >= 15 is 0 Å². The third kappa shape index (κ3) is 1.91. The Morgan fingerprint density at radius 2 is 2.12 bits per heavy atom. The summed E-state index contributed by atoms with van der Waals surface area (Å²) in [7, 11) is 1.25. The van der Waals surface area contributed by atoms with Gasteiger partial charge in [0, 0.05) is 5.56 Å². The van der Waals surface area contributed by atoms with Gasteiger partial charge >= 0.3 is 5.97 Å². The first-order valence-corrected chi connectivity index (χ1v) is 5.22. The molecule has 3 nitrogen and oxygen atoms in total. The minimum absolute atomic E-state index is 0.0556. The van der Waals surface area contributed by atoms with Crippen LogP contribution in [0.4, 0.5) is 8.78 Å². The summed E-state index contributed by atoms with van der Waals surface area (Å²) >= 11 is 0. The number of methoxy groups -OCH3 is 1. The molecule has 1 aromatic carbocycles. The molecule has 0 heterocycles. The van der Waals surface area contributed by atoms with Crippen molar-refractivity contribution in [1.29, 1.82) is 0 Å². The molecular weight excluding hydrogens is 230 g/mol. The van der Waals surface area contributed by atoms with Crippen LogP contribution in [0, 0.1) is 17.6 Å². The van der Waals surface area contributed by atoms with E-state index in [0.29, 0.717) is 0 Å². The summed E-state index contributed by atoms with van der Waals surface area (Å²) in [4.78, 5) is 11.2. The van der Waals surface area contributed by atoms with E-state index in [-0.39, 0.29) is 18.4 Å². The number of carbonyl (C=O) groups is 1. The van der Waals surface area contributed by atoms with Crippen LogP contribution >= 0.6 is 0 Å². The van der Waals surface area contributed by atoms with Crippen LogP contribution in [0.15, 0.2) is 18.2 Å². The lowest BCUT2D eigenvalue weighted by Gasteiger charge is -2.42. The second kappa shape index (κ2) is 4.07. The molecular formula is C12H12F2O3. The van der Waals surface area contributed by atoms with Crippen molar-refractivity contribution in [3.63, 3.8) is 0 Å². The minimum atomic E-state index is -1.47. The lowest BCUT2D eigenvalue weighted by atomic mass is 9.67. The standard InChI is InChI=1S/C12H12F2O3/c1-17-11(15)7-5-12(16,6-7)8-3-2-4-9(13)10(8)14/h2-4,7,16H,5-6H2,1H3. The van der Waals surface area contributed by atoms with Crippen molar-refractivity contribution < 1.29 is 23.4 Å². The smallest absolute Gasteiger partial charge is 0.308 e. The van der Waals surface area contributed by atoms with Crippen molar-refractivity contribution in [3.05, 3.63) is 35.4 Å². The molecule has 1 aliphatic rings. The molecule has 2 rings (SSSR count). The first kappa shape index (κ1) is 12.0. The topological polar surface area (TPSA) is 46.5 Å². The molecule has 0 amide bonds. The predicted octanol–water partition coefficient (Wildman–Crippen LogP) is 1.74. The summed E-state index contributed by atoms with van der Waals surface area (Å²) in [5, 5.41) is 10.1. The number of aliphatic hydroxyl groups is 1. The summed E-state index contributed by atoms with van der Waals surface area (Å²) in [6.07, 6.45) is 0.111. The van der Waals surface area contributed by atoms with Crippen molar-refractivity contribution in [2.24, 2.45) is 5.92 Å². The third-order valence-corrected chi connectivity index (χ3v) is 3.16. The Morgan fingerprint density at radius 3 is 2.71 bits per heavy atom. The Hall–Kier alpha value is -1.49. The van der Waals surface area contributed by atoms with E-state index in [1.54, 1.807) is 0 Å². The fourth-order valence-electron chi connectivity index (χ4n) is 2.17. The Kier molecular flexibility index (Phi) is 2.87. The van der Waals surface area contributed by atoms with Crippen LogP contribution in [-0.4, -0.2) is 18.2 Å². The highest BCUT2D eigenvalue weighted by atomic mass is 19.2. The maximum Gasteiger partial charge on any atom is 0.308 e. The number of carbonyl (C=O) groups excluding carboxylic acids is 1. The summed E-state index contributed by atoms with van der Waals surface area (Å²) in [6, 6.07) is 3.64. The van der Waals surface area contributed by atoms with Crippen molar-refractivity contribution in [2.45, 2.75) is 18.4 Å². The fraction of sp³-hybridized carbons (Fsp3) is 0.417. The van der Waals surface area contributed by atoms with Crippen molar-refractivity contribution in [3.8, 4) is 0 Å². The maximum atomic E-state index is 13.5. The van der Waals surface area contributed by atoms with Gasteiger partial charge in [-0.2, -0.15) is 0 Å². The number of esters is 1. The van der Waals surface area contributed by atoms with E-state index < -0.39 is 29.1 Å². The van der Waals surface area contributed by atoms with Gasteiger partial charge in [0.2, 0.25) is 0 Å². The molecule has 5 heteroatoms. The molecule has 1 aliphatic carbocycles. The van der Waals surface area contributed by atoms with E-state index in [1.165, 1.54) is 19.2 Å². The van der Waals surface area contributed by atoms with Gasteiger partial charge in [0.15, 0.2) is 11.6 Å². The van der Waals surface area contributed by atoms with E-state index in [0.717, 1.165) is 6.07 Å². The molecule has 0 bridgehead atoms. The molecule has 92 valence electrons. The highest BCUT2D eigenvalue weighted by Crippen LogP contribution is 2.47. The van der Waals surface area contributed by atoms with Crippen LogP contribution in [0.5, 0.6) is 0 Å². The summed E-state index contributed by atoms with van der Waals surface area (Å²) < 4.78 is 31.0. The SMILES string of the molecule is COC(=O)C1CC(O)(c2cccc(F)c2F)C1. The van der Waals surface area contributed by atoms with Gasteiger partial charge < -0.3 is 9.84 Å². The highest BCUT2D eigenvalue weighted by molar-refractivity contribution is 5.74. The number of halogens is 2. The predicted molar refractivity (Wildman–Crippen MR) is 55.0 cm³/mol. The van der Waals surface area contributed by atoms with E-state index in [1.807, 2.05) is 0 Å². The van der Waals surface area contributed by atoms with Gasteiger partial charge in [-0.3, -0.25) is 4.79 Å². The molecule has 1 fully saturated rings. The Morgan fingerprint density at radius 1 is 1.47 bits per heavy atom. The van der Waals surface area contributed by atoms with Gasteiger partial charge in [0.25, 0.3) is 0 Å². The molecule has 0 unspecified atom stereocenters. The molecule has 0 aromatic heterocycles. The number of rotatable bonds is 2. The van der Waals surface area contributed by atoms with Crippen LogP contribution < -0.4 is 0 Å². The van der Waals surface area contributed by atoms with E-state index in [9.17, 15) is 18.7 Å². The van der Waals surface area contributed by atoms with Crippen LogP contribution in [0.2, 0.25) is 0 Å². The van der Waals surface area contributed by atoms with E-state index in [2.05, 4.69) is 4.74 Å². The molecule has 0 atom stereocenters. The minimum Gasteiger partial charge on any atom is -0.469 e. The first-order valence-electron chi connectivity index (χ1n) is 5.22. The van der Waals surface area contributed by atoms with Crippen LogP contribution in [0.25, 0.3) is 0 Å². The molecule has 1 N–H and O–H groups in total. The molecule has 1 saturated carbocycles. The Labute approximate surface area is 97.0 Å². The third-order valence-electron chi connectivity index (χ3n) is 3.16. The summed E-state index contributed by atoms with van der Waals surface area (Å²) in [5.41, 5.74) is -1.57. The van der Waals surface area contributed by atoms with Gasteiger partial charge in [-0.15, -0.1) is 0 Å². The second-order valence-electron chi connectivity index (χ2n) is 4.26. The normalized spacial score (nSPS) is 27.4. The van der Waals surface area contributed by atoms with Crippen molar-refractivity contribution >= 4 is 5.97 Å². The van der Waals surface area contributed by atoms with Gasteiger partial charge in [0.05, 0.1) is 18.6 Å². The fourth-order valence-corrected chi connectivity index (χ4v) is 2.17. The monoisotopic (exact) mass is 242 g/mol. The summed E-state index contributed by atoms with van der Waals surface area (Å²) in [5.74, 6) is -2.95. The molecule has 17 heavy (non-hydrogen) atoms. The Bertz CT molecular complexity index is 453. The molecule has 0 spiro atoms. The number of hydrogen-bond acceptors (Lipinski definition) is 3. The summed E-state index contributed by atoms with van der Waals surface area (Å²) in [6.45, 7) is 0.